The molecule has 1 heterocycles. The molecule has 2 N–H and O–H groups in total. The highest BCUT2D eigenvalue weighted by Crippen LogP contribution is 2.17. The van der Waals surface area contributed by atoms with Crippen molar-refractivity contribution in [1.82, 2.24) is 10.6 Å². The summed E-state index contributed by atoms with van der Waals surface area (Å²) in [5.74, 6) is 0.0495. The Balaban J connectivity index is 2.28. The molecule has 0 saturated heterocycles. The largest absolute Gasteiger partial charge is 0.353 e. The minimum Gasteiger partial charge on any atom is -0.353 e. The lowest BCUT2D eigenvalue weighted by atomic mass is 10.3. The summed E-state index contributed by atoms with van der Waals surface area (Å²) in [5, 5.41) is 8.08. The normalized spacial score (nSPS) is 12.8. The third-order valence-electron chi connectivity index (χ3n) is 1.99. The Hall–Kier alpha value is -0.870. The number of hydrogen-bond donors (Lipinski definition) is 2. The summed E-state index contributed by atoms with van der Waals surface area (Å²) in [5.41, 5.74) is 0. The number of thiophene rings is 1. The van der Waals surface area contributed by atoms with Crippen molar-refractivity contribution in [3.8, 4) is 0 Å². The molecule has 84 valence electrons. The van der Waals surface area contributed by atoms with E-state index in [1.54, 1.807) is 11.3 Å². The lowest BCUT2D eigenvalue weighted by Crippen LogP contribution is -2.38. The van der Waals surface area contributed by atoms with Crippen molar-refractivity contribution in [2.45, 2.75) is 32.9 Å². The Bertz CT molecular complexity index is 296. The molecule has 0 radical (unpaired) electrons. The summed E-state index contributed by atoms with van der Waals surface area (Å²) in [6, 6.07) is 4.54. The van der Waals surface area contributed by atoms with Gasteiger partial charge in [-0.25, -0.2) is 0 Å². The average Bonchev–Trinajstić information content (AvgIpc) is 2.65. The van der Waals surface area contributed by atoms with Gasteiger partial charge in [0.05, 0.1) is 6.54 Å². The van der Waals surface area contributed by atoms with Crippen LogP contribution < -0.4 is 10.6 Å². The number of amides is 1. The van der Waals surface area contributed by atoms with Gasteiger partial charge in [-0.15, -0.1) is 11.3 Å². The van der Waals surface area contributed by atoms with E-state index in [-0.39, 0.29) is 18.0 Å². The standard InChI is InChI=1S/C11H18N2OS/c1-8(2)13-11(14)7-12-9(3)10-5-4-6-15-10/h4-6,8-9,12H,7H2,1-3H3,(H,13,14). The fourth-order valence-electron chi connectivity index (χ4n) is 1.26. The maximum Gasteiger partial charge on any atom is 0.234 e. The summed E-state index contributed by atoms with van der Waals surface area (Å²) in [6.45, 7) is 6.35. The average molecular weight is 226 g/mol. The van der Waals surface area contributed by atoms with Gasteiger partial charge in [-0.2, -0.15) is 0 Å². The van der Waals surface area contributed by atoms with Crippen LogP contribution in [0.3, 0.4) is 0 Å². The van der Waals surface area contributed by atoms with Crippen LogP contribution >= 0.6 is 11.3 Å². The zero-order valence-corrected chi connectivity index (χ0v) is 10.2. The smallest absolute Gasteiger partial charge is 0.234 e. The highest BCUT2D eigenvalue weighted by molar-refractivity contribution is 7.10. The second-order valence-corrected chi connectivity index (χ2v) is 4.82. The van der Waals surface area contributed by atoms with Crippen molar-refractivity contribution in [2.24, 2.45) is 0 Å². The third kappa shape index (κ3) is 4.44. The molecule has 0 aliphatic rings. The molecular weight excluding hydrogens is 208 g/mol. The fraction of sp³-hybridized carbons (Fsp3) is 0.545. The van der Waals surface area contributed by atoms with Gasteiger partial charge in [-0.3, -0.25) is 4.79 Å². The van der Waals surface area contributed by atoms with Gasteiger partial charge in [0, 0.05) is 17.0 Å². The molecule has 0 saturated carbocycles. The Labute approximate surface area is 94.9 Å². The van der Waals surface area contributed by atoms with Crippen LogP contribution in [0.15, 0.2) is 17.5 Å². The van der Waals surface area contributed by atoms with E-state index in [0.29, 0.717) is 6.54 Å². The molecule has 0 fully saturated rings. The van der Waals surface area contributed by atoms with Crippen LogP contribution in [0.2, 0.25) is 0 Å². The molecule has 0 aliphatic heterocycles. The second-order valence-electron chi connectivity index (χ2n) is 3.84. The number of nitrogens with one attached hydrogen (secondary N) is 2. The zero-order chi connectivity index (χ0) is 11.3. The number of carbonyl (C=O) groups excluding carboxylic acids is 1. The van der Waals surface area contributed by atoms with Gasteiger partial charge in [0.1, 0.15) is 0 Å². The quantitative estimate of drug-likeness (QED) is 0.805. The van der Waals surface area contributed by atoms with E-state index in [1.165, 1.54) is 4.88 Å². The minimum absolute atomic E-state index is 0.0495. The van der Waals surface area contributed by atoms with Crippen molar-refractivity contribution >= 4 is 17.2 Å². The summed E-state index contributed by atoms with van der Waals surface area (Å²) in [4.78, 5) is 12.6. The van der Waals surface area contributed by atoms with Crippen LogP contribution in [-0.4, -0.2) is 18.5 Å². The summed E-state index contributed by atoms with van der Waals surface area (Å²) in [6.07, 6.45) is 0. The van der Waals surface area contributed by atoms with Crippen LogP contribution in [0.5, 0.6) is 0 Å². The number of carbonyl (C=O) groups is 1. The van der Waals surface area contributed by atoms with Crippen molar-refractivity contribution < 1.29 is 4.79 Å². The van der Waals surface area contributed by atoms with Gasteiger partial charge in [-0.05, 0) is 32.2 Å². The molecule has 1 amide bonds. The molecule has 1 atom stereocenters. The van der Waals surface area contributed by atoms with Crippen LogP contribution in [0.4, 0.5) is 0 Å². The van der Waals surface area contributed by atoms with Crippen LogP contribution in [0.1, 0.15) is 31.7 Å². The first-order chi connectivity index (χ1) is 7.09. The van der Waals surface area contributed by atoms with E-state index >= 15 is 0 Å². The van der Waals surface area contributed by atoms with Crippen LogP contribution in [-0.2, 0) is 4.79 Å². The zero-order valence-electron chi connectivity index (χ0n) is 9.41. The molecule has 1 aromatic rings. The van der Waals surface area contributed by atoms with Crippen molar-refractivity contribution in [3.05, 3.63) is 22.4 Å². The Morgan fingerprint density at radius 1 is 1.47 bits per heavy atom. The summed E-state index contributed by atoms with van der Waals surface area (Å²) in [7, 11) is 0. The van der Waals surface area contributed by atoms with Gasteiger partial charge in [0.15, 0.2) is 0 Å². The predicted octanol–water partition coefficient (Wildman–Crippen LogP) is 1.92. The van der Waals surface area contributed by atoms with E-state index in [2.05, 4.69) is 23.6 Å². The first-order valence-electron chi connectivity index (χ1n) is 5.15. The lowest BCUT2D eigenvalue weighted by molar-refractivity contribution is -0.120. The minimum atomic E-state index is 0.0495. The second kappa shape index (κ2) is 5.88. The van der Waals surface area contributed by atoms with Crippen molar-refractivity contribution in [2.75, 3.05) is 6.54 Å². The fourth-order valence-corrected chi connectivity index (χ4v) is 2.02. The van der Waals surface area contributed by atoms with E-state index in [4.69, 9.17) is 0 Å². The van der Waals surface area contributed by atoms with Gasteiger partial charge in [0.2, 0.25) is 5.91 Å². The number of hydrogen-bond acceptors (Lipinski definition) is 3. The molecule has 4 heteroatoms. The SMILES string of the molecule is CC(C)NC(=O)CNC(C)c1cccs1. The lowest BCUT2D eigenvalue weighted by Gasteiger charge is -2.13. The Morgan fingerprint density at radius 2 is 2.20 bits per heavy atom. The molecule has 1 aromatic heterocycles. The topological polar surface area (TPSA) is 41.1 Å². The molecule has 1 unspecified atom stereocenters. The predicted molar refractivity (Wildman–Crippen MR) is 64.0 cm³/mol. The van der Waals surface area contributed by atoms with Gasteiger partial charge < -0.3 is 10.6 Å². The van der Waals surface area contributed by atoms with Gasteiger partial charge in [0.25, 0.3) is 0 Å². The van der Waals surface area contributed by atoms with Crippen molar-refractivity contribution in [1.29, 1.82) is 0 Å². The third-order valence-corrected chi connectivity index (χ3v) is 3.04. The molecule has 15 heavy (non-hydrogen) atoms. The van der Waals surface area contributed by atoms with Crippen molar-refractivity contribution in [3.63, 3.8) is 0 Å². The molecule has 0 aromatic carbocycles. The molecular formula is C11H18N2OS. The molecule has 3 nitrogen and oxygen atoms in total. The van der Waals surface area contributed by atoms with Crippen LogP contribution in [0.25, 0.3) is 0 Å². The Morgan fingerprint density at radius 3 is 2.73 bits per heavy atom. The first-order valence-corrected chi connectivity index (χ1v) is 6.03. The van der Waals surface area contributed by atoms with E-state index in [0.717, 1.165) is 0 Å². The molecule has 0 bridgehead atoms. The summed E-state index contributed by atoms with van der Waals surface area (Å²) < 4.78 is 0. The maximum atomic E-state index is 11.4. The molecule has 0 aliphatic carbocycles. The highest BCUT2D eigenvalue weighted by Gasteiger charge is 2.08. The highest BCUT2D eigenvalue weighted by atomic mass is 32.1. The molecule has 0 spiro atoms. The molecule has 1 rings (SSSR count). The summed E-state index contributed by atoms with van der Waals surface area (Å²) >= 11 is 1.70. The van der Waals surface area contributed by atoms with E-state index < -0.39 is 0 Å². The van der Waals surface area contributed by atoms with Gasteiger partial charge in [-0.1, -0.05) is 6.07 Å². The first kappa shape index (κ1) is 12.2. The number of rotatable bonds is 5. The Kier molecular flexibility index (Phi) is 4.78. The van der Waals surface area contributed by atoms with E-state index in [1.807, 2.05) is 25.3 Å². The monoisotopic (exact) mass is 226 g/mol. The maximum absolute atomic E-state index is 11.4. The van der Waals surface area contributed by atoms with Gasteiger partial charge >= 0.3 is 0 Å². The van der Waals surface area contributed by atoms with E-state index in [9.17, 15) is 4.79 Å². The van der Waals surface area contributed by atoms with Crippen LogP contribution in [0, 0.1) is 0 Å².